The lowest BCUT2D eigenvalue weighted by atomic mass is 10.1. The molecule has 1 aliphatic heterocycles. The number of imide groups is 1. The molecule has 0 unspecified atom stereocenters. The van der Waals surface area contributed by atoms with Gasteiger partial charge in [0.15, 0.2) is 0 Å². The molecule has 4 amide bonds. The standard InChI is InChI=1S/C25H29N3O6/c1-5-34-24(31)17-7-6-8-18(13-17)26-22(29)14-21-23(30)28(25(32)27(21)15-16(2)3)19-9-11-20(33-4)12-10-19/h6-13,16,21H,5,14-15H2,1-4H3,(H,26,29)/t21-/m0/s1. The van der Waals surface area contributed by atoms with Crippen molar-refractivity contribution in [2.75, 3.05) is 30.5 Å². The van der Waals surface area contributed by atoms with Crippen molar-refractivity contribution in [2.24, 2.45) is 5.92 Å². The number of nitrogens with zero attached hydrogens (tertiary/aromatic N) is 2. The van der Waals surface area contributed by atoms with Gasteiger partial charge in [-0.1, -0.05) is 19.9 Å². The fourth-order valence-electron chi connectivity index (χ4n) is 3.73. The topological polar surface area (TPSA) is 105 Å². The van der Waals surface area contributed by atoms with Crippen LogP contribution in [0.15, 0.2) is 48.5 Å². The molecule has 3 rings (SSSR count). The van der Waals surface area contributed by atoms with Crippen LogP contribution in [-0.2, 0) is 14.3 Å². The predicted octanol–water partition coefficient (Wildman–Crippen LogP) is 3.69. The van der Waals surface area contributed by atoms with E-state index in [4.69, 9.17) is 9.47 Å². The molecule has 1 N–H and O–H groups in total. The van der Waals surface area contributed by atoms with Gasteiger partial charge in [-0.2, -0.15) is 0 Å². The molecule has 0 aliphatic carbocycles. The van der Waals surface area contributed by atoms with Gasteiger partial charge in [0, 0.05) is 12.2 Å². The quantitative estimate of drug-likeness (QED) is 0.445. The number of ether oxygens (including phenoxy) is 2. The normalized spacial score (nSPS) is 15.6. The van der Waals surface area contributed by atoms with Gasteiger partial charge < -0.3 is 19.7 Å². The van der Waals surface area contributed by atoms with Crippen molar-refractivity contribution in [3.63, 3.8) is 0 Å². The van der Waals surface area contributed by atoms with Gasteiger partial charge in [-0.05, 0) is 55.3 Å². The predicted molar refractivity (Wildman–Crippen MR) is 127 cm³/mol. The summed E-state index contributed by atoms with van der Waals surface area (Å²) in [5.41, 5.74) is 1.11. The molecule has 0 bridgehead atoms. The average Bonchev–Trinajstić information content (AvgIpc) is 3.03. The largest absolute Gasteiger partial charge is 0.497 e. The van der Waals surface area contributed by atoms with E-state index in [2.05, 4.69) is 5.32 Å². The molecule has 1 saturated heterocycles. The Kier molecular flexibility index (Phi) is 7.88. The van der Waals surface area contributed by atoms with E-state index in [9.17, 15) is 19.2 Å². The average molecular weight is 468 g/mol. The summed E-state index contributed by atoms with van der Waals surface area (Å²) in [5, 5.41) is 2.71. The van der Waals surface area contributed by atoms with Crippen LogP contribution in [0.2, 0.25) is 0 Å². The fraction of sp³-hybridized carbons (Fsp3) is 0.360. The molecule has 0 radical (unpaired) electrons. The van der Waals surface area contributed by atoms with Crippen molar-refractivity contribution < 1.29 is 28.7 Å². The van der Waals surface area contributed by atoms with Crippen LogP contribution in [0.4, 0.5) is 16.2 Å². The number of urea groups is 1. The van der Waals surface area contributed by atoms with Crippen LogP contribution in [0, 0.1) is 5.92 Å². The van der Waals surface area contributed by atoms with E-state index < -0.39 is 29.9 Å². The fourth-order valence-corrected chi connectivity index (χ4v) is 3.73. The number of esters is 1. The van der Waals surface area contributed by atoms with Gasteiger partial charge in [-0.3, -0.25) is 9.59 Å². The molecule has 0 saturated carbocycles. The highest BCUT2D eigenvalue weighted by atomic mass is 16.5. The Morgan fingerprint density at radius 2 is 1.79 bits per heavy atom. The lowest BCUT2D eigenvalue weighted by Gasteiger charge is -2.23. The van der Waals surface area contributed by atoms with Crippen molar-refractivity contribution in [1.82, 2.24) is 4.90 Å². The summed E-state index contributed by atoms with van der Waals surface area (Å²) >= 11 is 0. The summed E-state index contributed by atoms with van der Waals surface area (Å²) in [4.78, 5) is 53.7. The van der Waals surface area contributed by atoms with E-state index in [-0.39, 0.29) is 18.9 Å². The lowest BCUT2D eigenvalue weighted by Crippen LogP contribution is -2.40. The zero-order valence-corrected chi connectivity index (χ0v) is 19.7. The number of benzene rings is 2. The first-order valence-corrected chi connectivity index (χ1v) is 11.1. The summed E-state index contributed by atoms with van der Waals surface area (Å²) in [5.74, 6) is -0.709. The number of anilines is 2. The Hall–Kier alpha value is -3.88. The Morgan fingerprint density at radius 3 is 2.41 bits per heavy atom. The molecule has 9 heteroatoms. The van der Waals surface area contributed by atoms with Crippen molar-refractivity contribution in [2.45, 2.75) is 33.2 Å². The highest BCUT2D eigenvalue weighted by Crippen LogP contribution is 2.29. The van der Waals surface area contributed by atoms with Crippen LogP contribution in [0.25, 0.3) is 0 Å². The Balaban J connectivity index is 1.78. The molecular weight excluding hydrogens is 438 g/mol. The SMILES string of the molecule is CCOC(=O)c1cccc(NC(=O)C[C@H]2C(=O)N(c3ccc(OC)cc3)C(=O)N2CC(C)C)c1. The second kappa shape index (κ2) is 10.8. The summed E-state index contributed by atoms with van der Waals surface area (Å²) in [7, 11) is 1.53. The number of carbonyl (C=O) groups is 4. The molecule has 9 nitrogen and oxygen atoms in total. The molecule has 0 spiro atoms. The van der Waals surface area contributed by atoms with E-state index in [1.54, 1.807) is 49.4 Å². The number of amides is 4. The number of nitrogens with one attached hydrogen (secondary N) is 1. The lowest BCUT2D eigenvalue weighted by molar-refractivity contribution is -0.124. The molecule has 34 heavy (non-hydrogen) atoms. The van der Waals surface area contributed by atoms with E-state index in [1.165, 1.54) is 18.1 Å². The maximum atomic E-state index is 13.3. The number of hydrogen-bond donors (Lipinski definition) is 1. The monoisotopic (exact) mass is 467 g/mol. The van der Waals surface area contributed by atoms with Gasteiger partial charge in [0.05, 0.1) is 31.4 Å². The van der Waals surface area contributed by atoms with Gasteiger partial charge in [-0.15, -0.1) is 0 Å². The molecule has 1 heterocycles. The van der Waals surface area contributed by atoms with Crippen LogP contribution in [0.5, 0.6) is 5.75 Å². The van der Waals surface area contributed by atoms with Gasteiger partial charge >= 0.3 is 12.0 Å². The minimum absolute atomic E-state index is 0.0967. The van der Waals surface area contributed by atoms with Crippen molar-refractivity contribution in [1.29, 1.82) is 0 Å². The minimum Gasteiger partial charge on any atom is -0.497 e. The highest BCUT2D eigenvalue weighted by Gasteiger charge is 2.46. The van der Waals surface area contributed by atoms with Crippen molar-refractivity contribution in [3.05, 3.63) is 54.1 Å². The van der Waals surface area contributed by atoms with Crippen LogP contribution in [0.1, 0.15) is 37.6 Å². The van der Waals surface area contributed by atoms with E-state index in [1.807, 2.05) is 13.8 Å². The van der Waals surface area contributed by atoms with Crippen molar-refractivity contribution in [3.8, 4) is 5.75 Å². The molecule has 1 aliphatic rings. The molecule has 2 aromatic carbocycles. The van der Waals surface area contributed by atoms with Crippen LogP contribution >= 0.6 is 0 Å². The first-order valence-electron chi connectivity index (χ1n) is 11.1. The Bertz CT molecular complexity index is 1070. The Morgan fingerprint density at radius 1 is 1.09 bits per heavy atom. The van der Waals surface area contributed by atoms with Crippen molar-refractivity contribution >= 4 is 35.2 Å². The third-order valence-electron chi connectivity index (χ3n) is 5.25. The molecule has 0 aromatic heterocycles. The number of rotatable bonds is 9. The zero-order chi connectivity index (χ0) is 24.8. The number of methoxy groups -OCH3 is 1. The van der Waals surface area contributed by atoms with Gasteiger partial charge in [0.25, 0.3) is 5.91 Å². The molecule has 1 atom stereocenters. The summed E-state index contributed by atoms with van der Waals surface area (Å²) in [6.45, 7) is 6.15. The number of carbonyl (C=O) groups excluding carboxylic acids is 4. The third kappa shape index (κ3) is 5.54. The highest BCUT2D eigenvalue weighted by molar-refractivity contribution is 6.22. The first kappa shape index (κ1) is 24.8. The van der Waals surface area contributed by atoms with E-state index in [0.29, 0.717) is 29.2 Å². The molecular formula is C25H29N3O6. The summed E-state index contributed by atoms with van der Waals surface area (Å²) in [6, 6.07) is 11.5. The Labute approximate surface area is 198 Å². The molecule has 2 aromatic rings. The second-order valence-electron chi connectivity index (χ2n) is 8.27. The van der Waals surface area contributed by atoms with Crippen LogP contribution in [-0.4, -0.2) is 55.0 Å². The van der Waals surface area contributed by atoms with E-state index in [0.717, 1.165) is 4.90 Å². The molecule has 1 fully saturated rings. The molecule has 180 valence electrons. The summed E-state index contributed by atoms with van der Waals surface area (Å²) in [6.07, 6.45) is -0.215. The smallest absolute Gasteiger partial charge is 0.338 e. The van der Waals surface area contributed by atoms with Gasteiger partial charge in [0.1, 0.15) is 11.8 Å². The van der Waals surface area contributed by atoms with E-state index >= 15 is 0 Å². The van der Waals surface area contributed by atoms with Crippen LogP contribution in [0.3, 0.4) is 0 Å². The minimum atomic E-state index is -0.940. The maximum absolute atomic E-state index is 13.3. The zero-order valence-electron chi connectivity index (χ0n) is 19.7. The second-order valence-corrected chi connectivity index (χ2v) is 8.27. The first-order chi connectivity index (χ1) is 16.2. The van der Waals surface area contributed by atoms with Crippen LogP contribution < -0.4 is 15.0 Å². The summed E-state index contributed by atoms with van der Waals surface area (Å²) < 4.78 is 10.1. The number of hydrogen-bond acceptors (Lipinski definition) is 6. The maximum Gasteiger partial charge on any atom is 0.338 e. The van der Waals surface area contributed by atoms with Gasteiger partial charge in [0.2, 0.25) is 5.91 Å². The third-order valence-corrected chi connectivity index (χ3v) is 5.25. The van der Waals surface area contributed by atoms with Gasteiger partial charge in [-0.25, -0.2) is 14.5 Å².